The Morgan fingerprint density at radius 1 is 1.04 bits per heavy atom. The van der Waals surface area contributed by atoms with Crippen molar-refractivity contribution in [2.45, 2.75) is 29.3 Å². The van der Waals surface area contributed by atoms with Crippen molar-refractivity contribution in [1.82, 2.24) is 9.29 Å². The first-order valence-electron chi connectivity index (χ1n) is 8.55. The lowest BCUT2D eigenvalue weighted by Gasteiger charge is -2.38. The van der Waals surface area contributed by atoms with Crippen LogP contribution in [0.5, 0.6) is 0 Å². The quantitative estimate of drug-likeness (QED) is 0.778. The second-order valence-corrected chi connectivity index (χ2v) is 8.79. The van der Waals surface area contributed by atoms with E-state index in [1.165, 1.54) is 4.31 Å². The highest BCUT2D eigenvalue weighted by atomic mass is 32.2. The fraction of sp³-hybridized carbons (Fsp3) is 0.316. The minimum absolute atomic E-state index is 0.115. The van der Waals surface area contributed by atoms with Crippen LogP contribution in [0.1, 0.15) is 29.7 Å². The predicted octanol–water partition coefficient (Wildman–Crippen LogP) is 3.85. The highest BCUT2D eigenvalue weighted by molar-refractivity contribution is 7.89. The van der Waals surface area contributed by atoms with E-state index in [1.54, 1.807) is 6.20 Å². The topological polar surface area (TPSA) is 50.3 Å². The van der Waals surface area contributed by atoms with Crippen LogP contribution in [0.4, 0.5) is 13.2 Å². The zero-order valence-electron chi connectivity index (χ0n) is 14.3. The van der Waals surface area contributed by atoms with Crippen molar-refractivity contribution in [2.75, 3.05) is 13.1 Å². The lowest BCUT2D eigenvalue weighted by molar-refractivity contribution is -0.137. The van der Waals surface area contributed by atoms with Crippen LogP contribution in [0.15, 0.2) is 53.6 Å². The highest BCUT2D eigenvalue weighted by Gasteiger charge is 2.41. The van der Waals surface area contributed by atoms with Gasteiger partial charge in [-0.15, -0.1) is 0 Å². The molecule has 27 heavy (non-hydrogen) atoms. The maximum absolute atomic E-state index is 12.8. The minimum atomic E-state index is -4.49. The molecule has 0 amide bonds. The average Bonchev–Trinajstić information content (AvgIpc) is 3.00. The number of rotatable bonds is 2. The van der Waals surface area contributed by atoms with E-state index >= 15 is 0 Å². The molecule has 8 heteroatoms. The van der Waals surface area contributed by atoms with Crippen LogP contribution < -0.4 is 0 Å². The molecule has 1 spiro atoms. The third kappa shape index (κ3) is 3.06. The summed E-state index contributed by atoms with van der Waals surface area (Å²) in [6.45, 7) is 0.615. The smallest absolute Gasteiger partial charge is 0.257 e. The summed E-state index contributed by atoms with van der Waals surface area (Å²) < 4.78 is 65.0. The maximum Gasteiger partial charge on any atom is 0.416 e. The number of fused-ring (bicyclic) bond motifs is 2. The number of halogens is 3. The second kappa shape index (κ2) is 6.17. The van der Waals surface area contributed by atoms with E-state index < -0.39 is 21.8 Å². The zero-order valence-corrected chi connectivity index (χ0v) is 15.1. The van der Waals surface area contributed by atoms with Gasteiger partial charge in [0.15, 0.2) is 0 Å². The van der Waals surface area contributed by atoms with Crippen LogP contribution >= 0.6 is 0 Å². The monoisotopic (exact) mass is 394 g/mol. The van der Waals surface area contributed by atoms with Crippen LogP contribution in [0.3, 0.4) is 0 Å². The van der Waals surface area contributed by atoms with Crippen LogP contribution in [0.25, 0.3) is 6.08 Å². The number of hydrogen-bond acceptors (Lipinski definition) is 3. The molecular formula is C19H17F3N2O2S. The normalized spacial score (nSPS) is 19.4. The van der Waals surface area contributed by atoms with Gasteiger partial charge in [0.1, 0.15) is 0 Å². The Morgan fingerprint density at radius 3 is 2.33 bits per heavy atom. The zero-order chi connectivity index (χ0) is 19.3. The van der Waals surface area contributed by atoms with Gasteiger partial charge in [-0.25, -0.2) is 8.42 Å². The lowest BCUT2D eigenvalue weighted by Crippen LogP contribution is -2.43. The summed E-state index contributed by atoms with van der Waals surface area (Å²) in [5, 5.41) is 0. The van der Waals surface area contributed by atoms with E-state index in [2.05, 4.69) is 11.1 Å². The van der Waals surface area contributed by atoms with Crippen molar-refractivity contribution in [1.29, 1.82) is 0 Å². The van der Waals surface area contributed by atoms with Gasteiger partial charge < -0.3 is 0 Å². The van der Waals surface area contributed by atoms with Crippen molar-refractivity contribution >= 4 is 16.1 Å². The van der Waals surface area contributed by atoms with E-state index in [-0.39, 0.29) is 10.3 Å². The molecule has 1 aliphatic carbocycles. The molecule has 4 nitrogen and oxygen atoms in total. The summed E-state index contributed by atoms with van der Waals surface area (Å²) >= 11 is 0. The number of alkyl halides is 3. The van der Waals surface area contributed by atoms with Crippen LogP contribution in [0.2, 0.25) is 0 Å². The predicted molar refractivity (Wildman–Crippen MR) is 94.4 cm³/mol. The van der Waals surface area contributed by atoms with Gasteiger partial charge in [-0.3, -0.25) is 4.98 Å². The summed E-state index contributed by atoms with van der Waals surface area (Å²) in [4.78, 5) is 4.23. The van der Waals surface area contributed by atoms with E-state index in [9.17, 15) is 21.6 Å². The molecule has 0 N–H and O–H groups in total. The molecule has 0 atom stereocenters. The van der Waals surface area contributed by atoms with E-state index in [0.29, 0.717) is 25.9 Å². The van der Waals surface area contributed by atoms with Gasteiger partial charge in [0.25, 0.3) is 0 Å². The van der Waals surface area contributed by atoms with Gasteiger partial charge in [-0.1, -0.05) is 12.1 Å². The molecule has 1 aromatic heterocycles. The largest absolute Gasteiger partial charge is 0.416 e. The summed E-state index contributed by atoms with van der Waals surface area (Å²) in [7, 11) is -3.82. The summed E-state index contributed by atoms with van der Waals surface area (Å²) in [5.41, 5.74) is 0.947. The molecule has 2 aliphatic rings. The van der Waals surface area contributed by atoms with Gasteiger partial charge >= 0.3 is 6.18 Å². The summed E-state index contributed by atoms with van der Waals surface area (Å²) in [5.74, 6) is 0. The first-order chi connectivity index (χ1) is 12.7. The lowest BCUT2D eigenvalue weighted by atomic mass is 9.76. The fourth-order valence-electron chi connectivity index (χ4n) is 3.83. The van der Waals surface area contributed by atoms with E-state index in [4.69, 9.17) is 0 Å². The number of piperidine rings is 1. The summed E-state index contributed by atoms with van der Waals surface area (Å²) in [6.07, 6.45) is 2.52. The minimum Gasteiger partial charge on any atom is -0.257 e. The Hall–Kier alpha value is -2.19. The van der Waals surface area contributed by atoms with Gasteiger partial charge in [0, 0.05) is 24.7 Å². The second-order valence-electron chi connectivity index (χ2n) is 6.85. The number of nitrogens with zero attached hydrogens (tertiary/aromatic N) is 2. The molecule has 2 heterocycles. The molecular weight excluding hydrogens is 377 g/mol. The molecule has 0 saturated carbocycles. The van der Waals surface area contributed by atoms with Crippen molar-refractivity contribution in [3.05, 3.63) is 65.5 Å². The first kappa shape index (κ1) is 18.2. The summed E-state index contributed by atoms with van der Waals surface area (Å²) in [6, 6.07) is 7.55. The van der Waals surface area contributed by atoms with Crippen LogP contribution in [-0.4, -0.2) is 30.8 Å². The molecule has 1 aromatic carbocycles. The fourth-order valence-corrected chi connectivity index (χ4v) is 5.27. The first-order valence-corrected chi connectivity index (χ1v) is 9.99. The number of pyridine rings is 1. The molecule has 2 aromatic rings. The van der Waals surface area contributed by atoms with Gasteiger partial charge in [0.05, 0.1) is 16.2 Å². The molecule has 0 bridgehead atoms. The highest BCUT2D eigenvalue weighted by Crippen LogP contribution is 2.43. The van der Waals surface area contributed by atoms with Crippen molar-refractivity contribution in [2.24, 2.45) is 0 Å². The van der Waals surface area contributed by atoms with Crippen molar-refractivity contribution < 1.29 is 21.6 Å². The van der Waals surface area contributed by atoms with Gasteiger partial charge in [-0.05, 0) is 54.8 Å². The Balaban J connectivity index is 1.54. The molecule has 0 unspecified atom stereocenters. The standard InChI is InChI=1S/C19H17F3N2O2S/c20-19(21,22)14-3-5-15(6-4-14)27(25,26)24-12-9-18(10-13-24)8-7-17-16(18)2-1-11-23-17/h1-8,11H,9-10,12-13H2. The van der Waals surface area contributed by atoms with Crippen LogP contribution in [-0.2, 0) is 21.6 Å². The van der Waals surface area contributed by atoms with E-state index in [1.807, 2.05) is 18.2 Å². The number of aromatic nitrogens is 1. The molecule has 1 saturated heterocycles. The maximum atomic E-state index is 12.8. The SMILES string of the molecule is O=S(=O)(c1ccc(C(F)(F)F)cc1)N1CCC2(C=Cc3ncccc32)CC1. The Labute approximate surface area is 155 Å². The number of allylic oxidation sites excluding steroid dienone is 1. The average molecular weight is 394 g/mol. The Bertz CT molecular complexity index is 990. The number of benzene rings is 1. The molecule has 4 rings (SSSR count). The molecule has 0 radical (unpaired) electrons. The van der Waals surface area contributed by atoms with E-state index in [0.717, 1.165) is 35.5 Å². The van der Waals surface area contributed by atoms with Crippen LogP contribution in [0, 0.1) is 0 Å². The van der Waals surface area contributed by atoms with Gasteiger partial charge in [-0.2, -0.15) is 17.5 Å². The Morgan fingerprint density at radius 2 is 1.70 bits per heavy atom. The third-order valence-electron chi connectivity index (χ3n) is 5.37. The molecule has 142 valence electrons. The van der Waals surface area contributed by atoms with Gasteiger partial charge in [0.2, 0.25) is 10.0 Å². The molecule has 1 fully saturated rings. The number of sulfonamides is 1. The van der Waals surface area contributed by atoms with Crippen molar-refractivity contribution in [3.8, 4) is 0 Å². The van der Waals surface area contributed by atoms with Crippen molar-refractivity contribution in [3.63, 3.8) is 0 Å². The third-order valence-corrected chi connectivity index (χ3v) is 7.28. The number of hydrogen-bond donors (Lipinski definition) is 0. The Kier molecular flexibility index (Phi) is 4.16. The molecule has 1 aliphatic heterocycles.